The zero-order valence-electron chi connectivity index (χ0n) is 31.1. The highest BCUT2D eigenvalue weighted by Crippen LogP contribution is 2.44. The maximum atomic E-state index is 6.80. The second kappa shape index (κ2) is 13.6. The van der Waals surface area contributed by atoms with Crippen molar-refractivity contribution in [3.63, 3.8) is 0 Å². The van der Waals surface area contributed by atoms with E-state index in [1.165, 1.54) is 44.1 Å². The molecule has 0 unspecified atom stereocenters. The number of anilines is 3. The van der Waals surface area contributed by atoms with Crippen LogP contribution >= 0.6 is 0 Å². The Morgan fingerprint density at radius 1 is 0.333 bits per heavy atom. The molecule has 11 aromatic rings. The molecule has 0 aliphatic heterocycles. The summed E-state index contributed by atoms with van der Waals surface area (Å²) in [5.41, 5.74) is 15.5. The number of hydrogen-bond acceptors (Lipinski definition) is 2. The Balaban J connectivity index is 1.02. The number of hydrogen-bond donors (Lipinski definition) is 0. The topological polar surface area (TPSA) is 21.3 Å². The number of aromatic nitrogens is 1. The molecule has 2 aromatic heterocycles. The molecule has 0 fully saturated rings. The summed E-state index contributed by atoms with van der Waals surface area (Å²) in [5.74, 6) is 0. The Bertz CT molecular complexity index is 3100. The molecule has 0 amide bonds. The minimum Gasteiger partial charge on any atom is -0.455 e. The number of fused-ring (bicyclic) bond motifs is 7. The van der Waals surface area contributed by atoms with Gasteiger partial charge in [0.1, 0.15) is 11.2 Å². The number of para-hydroxylation sites is 3. The maximum Gasteiger partial charge on any atom is 0.143 e. The molecule has 0 atom stereocenters. The zero-order valence-corrected chi connectivity index (χ0v) is 31.1. The first-order valence-corrected chi connectivity index (χ1v) is 19.4. The molecule has 2 heterocycles. The van der Waals surface area contributed by atoms with Gasteiger partial charge in [0.15, 0.2) is 0 Å². The van der Waals surface area contributed by atoms with Crippen molar-refractivity contribution in [3.05, 3.63) is 218 Å². The van der Waals surface area contributed by atoms with Crippen LogP contribution in [0, 0.1) is 0 Å². The van der Waals surface area contributed by atoms with Crippen molar-refractivity contribution in [2.24, 2.45) is 0 Å². The number of rotatable bonds is 7. The molecule has 57 heavy (non-hydrogen) atoms. The SMILES string of the molecule is c1ccc(-c2ccc(N(c3ccc(-c4ccccc4)cc3)c3ccc(-c4cccc5c4oc4ccc6c(c7ccccc7n6-c6ccccc6)c45)cc3)cc2)cc1. The summed E-state index contributed by atoms with van der Waals surface area (Å²) in [7, 11) is 0. The molecule has 0 saturated heterocycles. The van der Waals surface area contributed by atoms with E-state index in [0.717, 1.165) is 55.8 Å². The second-order valence-electron chi connectivity index (χ2n) is 14.5. The summed E-state index contributed by atoms with van der Waals surface area (Å²) in [6.45, 7) is 0. The lowest BCUT2D eigenvalue weighted by molar-refractivity contribution is 0.670. The van der Waals surface area contributed by atoms with E-state index in [-0.39, 0.29) is 0 Å². The third-order valence-corrected chi connectivity index (χ3v) is 11.2. The average molecular weight is 729 g/mol. The normalized spacial score (nSPS) is 11.5. The first-order chi connectivity index (χ1) is 28.3. The highest BCUT2D eigenvalue weighted by atomic mass is 16.3. The molecule has 0 bridgehead atoms. The first-order valence-electron chi connectivity index (χ1n) is 19.4. The number of nitrogens with zero attached hydrogens (tertiary/aromatic N) is 2. The lowest BCUT2D eigenvalue weighted by Crippen LogP contribution is -2.09. The molecule has 0 N–H and O–H groups in total. The maximum absolute atomic E-state index is 6.80. The Kier molecular flexibility index (Phi) is 7.82. The zero-order chi connectivity index (χ0) is 37.7. The van der Waals surface area contributed by atoms with Crippen LogP contribution in [0.2, 0.25) is 0 Å². The van der Waals surface area contributed by atoms with E-state index in [9.17, 15) is 0 Å². The third kappa shape index (κ3) is 5.60. The quantitative estimate of drug-likeness (QED) is 0.163. The highest BCUT2D eigenvalue weighted by Gasteiger charge is 2.21. The molecule has 11 rings (SSSR count). The molecule has 0 spiro atoms. The molecule has 0 aliphatic carbocycles. The monoisotopic (exact) mass is 728 g/mol. The van der Waals surface area contributed by atoms with Gasteiger partial charge in [-0.05, 0) is 94.5 Å². The van der Waals surface area contributed by atoms with Gasteiger partial charge >= 0.3 is 0 Å². The second-order valence-corrected chi connectivity index (χ2v) is 14.5. The first kappa shape index (κ1) is 32.8. The summed E-state index contributed by atoms with van der Waals surface area (Å²) in [6.07, 6.45) is 0. The van der Waals surface area contributed by atoms with Crippen molar-refractivity contribution in [3.8, 4) is 39.1 Å². The summed E-state index contributed by atoms with van der Waals surface area (Å²) >= 11 is 0. The van der Waals surface area contributed by atoms with Crippen LogP contribution in [0.5, 0.6) is 0 Å². The van der Waals surface area contributed by atoms with Crippen LogP contribution < -0.4 is 4.90 Å². The molecular weight excluding hydrogens is 693 g/mol. The largest absolute Gasteiger partial charge is 0.455 e. The third-order valence-electron chi connectivity index (χ3n) is 11.2. The van der Waals surface area contributed by atoms with E-state index in [1.54, 1.807) is 0 Å². The predicted molar refractivity (Wildman–Crippen MR) is 239 cm³/mol. The van der Waals surface area contributed by atoms with Crippen molar-refractivity contribution in [2.45, 2.75) is 0 Å². The van der Waals surface area contributed by atoms with Crippen LogP contribution in [-0.4, -0.2) is 4.57 Å². The molecule has 0 aliphatic rings. The van der Waals surface area contributed by atoms with Crippen LogP contribution in [0.4, 0.5) is 17.1 Å². The lowest BCUT2D eigenvalue weighted by atomic mass is 10.00. The van der Waals surface area contributed by atoms with Gasteiger partial charge in [-0.1, -0.05) is 152 Å². The fourth-order valence-electron chi connectivity index (χ4n) is 8.53. The van der Waals surface area contributed by atoms with Gasteiger partial charge in [0, 0.05) is 49.9 Å². The van der Waals surface area contributed by atoms with Crippen molar-refractivity contribution >= 4 is 60.8 Å². The van der Waals surface area contributed by atoms with Crippen LogP contribution in [0.1, 0.15) is 0 Å². The van der Waals surface area contributed by atoms with Crippen LogP contribution in [0.3, 0.4) is 0 Å². The van der Waals surface area contributed by atoms with Gasteiger partial charge in [-0.2, -0.15) is 0 Å². The fourth-order valence-corrected chi connectivity index (χ4v) is 8.53. The van der Waals surface area contributed by atoms with E-state index >= 15 is 0 Å². The van der Waals surface area contributed by atoms with Crippen molar-refractivity contribution in [1.29, 1.82) is 0 Å². The molecule has 3 heteroatoms. The van der Waals surface area contributed by atoms with Gasteiger partial charge in [0.2, 0.25) is 0 Å². The van der Waals surface area contributed by atoms with Gasteiger partial charge in [-0.15, -0.1) is 0 Å². The van der Waals surface area contributed by atoms with Crippen LogP contribution in [0.15, 0.2) is 223 Å². The van der Waals surface area contributed by atoms with Crippen molar-refractivity contribution in [1.82, 2.24) is 4.57 Å². The smallest absolute Gasteiger partial charge is 0.143 e. The van der Waals surface area contributed by atoms with Gasteiger partial charge in [0.25, 0.3) is 0 Å². The van der Waals surface area contributed by atoms with Crippen LogP contribution in [-0.2, 0) is 0 Å². The summed E-state index contributed by atoms with van der Waals surface area (Å²) in [4.78, 5) is 2.33. The Morgan fingerprint density at radius 2 is 0.825 bits per heavy atom. The minimum absolute atomic E-state index is 0.890. The Morgan fingerprint density at radius 3 is 1.42 bits per heavy atom. The molecule has 9 aromatic carbocycles. The minimum atomic E-state index is 0.890. The average Bonchev–Trinajstić information content (AvgIpc) is 3.84. The standard InChI is InChI=1S/C54H36N2O/c1-4-13-37(14-5-1)39-23-29-43(30-24-39)55(44-31-25-40(26-32-44)38-15-6-2-7-16-38)45-33-27-41(28-34-45)46-20-12-21-48-53-51(57-54(46)48)36-35-50-52(53)47-19-10-11-22-49(47)56(50)42-17-8-3-9-18-42/h1-36H. The molecule has 268 valence electrons. The van der Waals surface area contributed by atoms with Crippen LogP contribution in [0.25, 0.3) is 82.8 Å². The summed E-state index contributed by atoms with van der Waals surface area (Å²) in [5, 5.41) is 4.70. The highest BCUT2D eigenvalue weighted by molar-refractivity contribution is 6.28. The van der Waals surface area contributed by atoms with E-state index in [0.29, 0.717) is 0 Å². The van der Waals surface area contributed by atoms with Gasteiger partial charge in [-0.3, -0.25) is 0 Å². The summed E-state index contributed by atoms with van der Waals surface area (Å²) in [6, 6.07) is 77.8. The molecule has 3 nitrogen and oxygen atoms in total. The molecular formula is C54H36N2O. The number of furan rings is 1. The van der Waals surface area contributed by atoms with Crippen molar-refractivity contribution < 1.29 is 4.42 Å². The van der Waals surface area contributed by atoms with E-state index in [2.05, 4.69) is 228 Å². The number of benzene rings is 9. The van der Waals surface area contributed by atoms with Gasteiger partial charge in [0.05, 0.1) is 11.0 Å². The van der Waals surface area contributed by atoms with Crippen molar-refractivity contribution in [2.75, 3.05) is 4.90 Å². The Hall–Kier alpha value is -7.62. The fraction of sp³-hybridized carbons (Fsp3) is 0. The Labute approximate surface area is 330 Å². The molecule has 0 radical (unpaired) electrons. The predicted octanol–water partition coefficient (Wildman–Crippen LogP) is 15.2. The van der Waals surface area contributed by atoms with E-state index in [1.807, 2.05) is 0 Å². The summed E-state index contributed by atoms with van der Waals surface area (Å²) < 4.78 is 9.16. The van der Waals surface area contributed by atoms with Gasteiger partial charge < -0.3 is 13.9 Å². The van der Waals surface area contributed by atoms with E-state index < -0.39 is 0 Å². The molecule has 0 saturated carbocycles. The lowest BCUT2D eigenvalue weighted by Gasteiger charge is -2.26. The van der Waals surface area contributed by atoms with E-state index in [4.69, 9.17) is 4.42 Å². The van der Waals surface area contributed by atoms with Gasteiger partial charge in [-0.25, -0.2) is 0 Å².